The summed E-state index contributed by atoms with van der Waals surface area (Å²) in [6, 6.07) is 0.500. The van der Waals surface area contributed by atoms with Crippen LogP contribution in [0, 0.1) is 0 Å². The third-order valence-corrected chi connectivity index (χ3v) is 3.55. The molecule has 4 heteroatoms. The smallest absolute Gasteiger partial charge is 0.122 e. The number of aliphatic hydroxyl groups excluding tert-OH is 1. The normalized spacial score (nSPS) is 26.2. The first kappa shape index (κ1) is 11.6. The number of aromatic nitrogens is 2. The molecule has 1 aliphatic rings. The summed E-state index contributed by atoms with van der Waals surface area (Å²) >= 11 is 0. The largest absolute Gasteiger partial charge is 0.393 e. The van der Waals surface area contributed by atoms with E-state index in [0.29, 0.717) is 6.04 Å². The summed E-state index contributed by atoms with van der Waals surface area (Å²) in [6.45, 7) is 0.862. The van der Waals surface area contributed by atoms with Gasteiger partial charge in [0.05, 0.1) is 12.6 Å². The highest BCUT2D eigenvalue weighted by molar-refractivity contribution is 4.92. The Morgan fingerprint density at radius 2 is 2.38 bits per heavy atom. The van der Waals surface area contributed by atoms with Gasteiger partial charge in [-0.15, -0.1) is 0 Å². The quantitative estimate of drug-likeness (QED) is 0.836. The van der Waals surface area contributed by atoms with Crippen molar-refractivity contribution in [2.24, 2.45) is 7.05 Å². The number of hydrogen-bond acceptors (Lipinski definition) is 3. The molecular weight excluding hydrogens is 202 g/mol. The van der Waals surface area contributed by atoms with Gasteiger partial charge in [-0.1, -0.05) is 0 Å². The fourth-order valence-corrected chi connectivity index (χ4v) is 2.44. The van der Waals surface area contributed by atoms with Crippen LogP contribution in [0.4, 0.5) is 0 Å². The third-order valence-electron chi connectivity index (χ3n) is 3.55. The molecule has 1 fully saturated rings. The zero-order valence-corrected chi connectivity index (χ0v) is 10.1. The van der Waals surface area contributed by atoms with Crippen LogP contribution >= 0.6 is 0 Å². The lowest BCUT2D eigenvalue weighted by molar-refractivity contribution is 0.0688. The minimum atomic E-state index is -0.109. The second-order valence-corrected chi connectivity index (χ2v) is 4.84. The van der Waals surface area contributed by atoms with Gasteiger partial charge in [-0.05, 0) is 32.7 Å². The number of hydrogen-bond donors (Lipinski definition) is 1. The molecule has 16 heavy (non-hydrogen) atoms. The highest BCUT2D eigenvalue weighted by Crippen LogP contribution is 2.23. The van der Waals surface area contributed by atoms with E-state index < -0.39 is 0 Å². The van der Waals surface area contributed by atoms with Gasteiger partial charge in [0.2, 0.25) is 0 Å². The van der Waals surface area contributed by atoms with Gasteiger partial charge in [0.1, 0.15) is 5.82 Å². The Labute approximate surface area is 96.9 Å². The van der Waals surface area contributed by atoms with E-state index in [4.69, 9.17) is 0 Å². The molecule has 0 aromatic carbocycles. The second-order valence-electron chi connectivity index (χ2n) is 4.84. The van der Waals surface area contributed by atoms with E-state index in [-0.39, 0.29) is 6.10 Å². The molecular formula is C12H21N3O. The SMILES string of the molecule is CN(Cc1nccn1C)C1CCCC(O)C1. The first-order valence-corrected chi connectivity index (χ1v) is 6.01. The van der Waals surface area contributed by atoms with Gasteiger partial charge in [-0.2, -0.15) is 0 Å². The van der Waals surface area contributed by atoms with Crippen molar-refractivity contribution in [3.8, 4) is 0 Å². The van der Waals surface area contributed by atoms with Crippen molar-refractivity contribution in [1.29, 1.82) is 0 Å². The highest BCUT2D eigenvalue weighted by atomic mass is 16.3. The summed E-state index contributed by atoms with van der Waals surface area (Å²) in [5.74, 6) is 1.09. The number of imidazole rings is 1. The zero-order valence-electron chi connectivity index (χ0n) is 10.1. The predicted octanol–water partition coefficient (Wildman–Crippen LogP) is 1.16. The summed E-state index contributed by atoms with van der Waals surface area (Å²) in [5, 5.41) is 9.66. The molecule has 1 aromatic heterocycles. The van der Waals surface area contributed by atoms with E-state index in [1.54, 1.807) is 0 Å². The Bertz CT molecular complexity index is 337. The van der Waals surface area contributed by atoms with E-state index in [2.05, 4.69) is 21.5 Å². The van der Waals surface area contributed by atoms with Gasteiger partial charge in [-0.3, -0.25) is 4.90 Å². The van der Waals surface area contributed by atoms with E-state index >= 15 is 0 Å². The van der Waals surface area contributed by atoms with Crippen LogP contribution in [0.5, 0.6) is 0 Å². The topological polar surface area (TPSA) is 41.3 Å². The van der Waals surface area contributed by atoms with Gasteiger partial charge < -0.3 is 9.67 Å². The zero-order chi connectivity index (χ0) is 11.5. The molecule has 0 spiro atoms. The highest BCUT2D eigenvalue weighted by Gasteiger charge is 2.23. The van der Waals surface area contributed by atoms with Crippen LogP contribution in [-0.2, 0) is 13.6 Å². The molecule has 2 unspecified atom stereocenters. The third kappa shape index (κ3) is 2.62. The van der Waals surface area contributed by atoms with Gasteiger partial charge >= 0.3 is 0 Å². The van der Waals surface area contributed by atoms with Crippen molar-refractivity contribution in [1.82, 2.24) is 14.5 Å². The van der Waals surface area contributed by atoms with Crippen LogP contribution in [0.1, 0.15) is 31.5 Å². The molecule has 0 amide bonds. The Balaban J connectivity index is 1.92. The maximum Gasteiger partial charge on any atom is 0.122 e. The molecule has 2 rings (SSSR count). The molecule has 0 bridgehead atoms. The molecule has 1 N–H and O–H groups in total. The Morgan fingerprint density at radius 1 is 1.56 bits per heavy atom. The molecule has 1 aliphatic carbocycles. The maximum absolute atomic E-state index is 9.66. The molecule has 0 radical (unpaired) electrons. The van der Waals surface area contributed by atoms with Crippen molar-refractivity contribution in [2.75, 3.05) is 7.05 Å². The van der Waals surface area contributed by atoms with Crippen LogP contribution in [-0.4, -0.2) is 38.8 Å². The van der Waals surface area contributed by atoms with Crippen LogP contribution in [0.2, 0.25) is 0 Å². The first-order valence-electron chi connectivity index (χ1n) is 6.01. The fourth-order valence-electron chi connectivity index (χ4n) is 2.44. The molecule has 0 saturated heterocycles. The Hall–Kier alpha value is -0.870. The molecule has 1 saturated carbocycles. The predicted molar refractivity (Wildman–Crippen MR) is 62.9 cm³/mol. The molecule has 1 heterocycles. The fraction of sp³-hybridized carbons (Fsp3) is 0.750. The lowest BCUT2D eigenvalue weighted by Gasteiger charge is -2.33. The lowest BCUT2D eigenvalue weighted by atomic mass is 9.92. The van der Waals surface area contributed by atoms with Gasteiger partial charge in [-0.25, -0.2) is 4.98 Å². The minimum absolute atomic E-state index is 0.109. The Morgan fingerprint density at radius 3 is 3.00 bits per heavy atom. The minimum Gasteiger partial charge on any atom is -0.393 e. The average molecular weight is 223 g/mol. The van der Waals surface area contributed by atoms with Crippen molar-refractivity contribution in [2.45, 2.75) is 44.4 Å². The van der Waals surface area contributed by atoms with E-state index in [9.17, 15) is 5.11 Å². The summed E-state index contributed by atoms with van der Waals surface area (Å²) in [6.07, 6.45) is 7.89. The molecule has 4 nitrogen and oxygen atoms in total. The standard InChI is InChI=1S/C12H21N3O/c1-14-7-6-13-12(14)9-15(2)10-4-3-5-11(16)8-10/h6-7,10-11,16H,3-5,8-9H2,1-2H3. The molecule has 0 aliphatic heterocycles. The number of rotatable bonds is 3. The summed E-state index contributed by atoms with van der Waals surface area (Å²) < 4.78 is 2.05. The monoisotopic (exact) mass is 223 g/mol. The number of aliphatic hydroxyl groups is 1. The maximum atomic E-state index is 9.66. The summed E-state index contributed by atoms with van der Waals surface area (Å²) in [5.41, 5.74) is 0. The van der Waals surface area contributed by atoms with Crippen molar-refractivity contribution < 1.29 is 5.11 Å². The van der Waals surface area contributed by atoms with Crippen LogP contribution < -0.4 is 0 Å². The van der Waals surface area contributed by atoms with Crippen molar-refractivity contribution >= 4 is 0 Å². The Kier molecular flexibility index (Phi) is 3.61. The molecule has 2 atom stereocenters. The van der Waals surface area contributed by atoms with E-state index in [1.807, 2.05) is 19.4 Å². The van der Waals surface area contributed by atoms with Gasteiger partial charge in [0.15, 0.2) is 0 Å². The second kappa shape index (κ2) is 4.97. The molecule has 1 aromatic rings. The lowest BCUT2D eigenvalue weighted by Crippen LogP contribution is -2.37. The number of aryl methyl sites for hydroxylation is 1. The summed E-state index contributed by atoms with van der Waals surface area (Å²) in [7, 11) is 4.14. The van der Waals surface area contributed by atoms with Crippen molar-refractivity contribution in [3.63, 3.8) is 0 Å². The van der Waals surface area contributed by atoms with Gasteiger partial charge in [0, 0.05) is 25.5 Å². The van der Waals surface area contributed by atoms with Crippen LogP contribution in [0.15, 0.2) is 12.4 Å². The first-order chi connectivity index (χ1) is 7.66. The van der Waals surface area contributed by atoms with Crippen molar-refractivity contribution in [3.05, 3.63) is 18.2 Å². The van der Waals surface area contributed by atoms with Crippen LogP contribution in [0.25, 0.3) is 0 Å². The molecule has 90 valence electrons. The average Bonchev–Trinajstić information content (AvgIpc) is 2.64. The van der Waals surface area contributed by atoms with E-state index in [1.165, 1.54) is 6.42 Å². The van der Waals surface area contributed by atoms with Gasteiger partial charge in [0.25, 0.3) is 0 Å². The van der Waals surface area contributed by atoms with Crippen LogP contribution in [0.3, 0.4) is 0 Å². The number of nitrogens with zero attached hydrogens (tertiary/aromatic N) is 3. The van der Waals surface area contributed by atoms with E-state index in [0.717, 1.165) is 31.6 Å². The summed E-state index contributed by atoms with van der Waals surface area (Å²) in [4.78, 5) is 6.64.